The maximum Gasteiger partial charge on any atom is 3.00 e. The summed E-state index contributed by atoms with van der Waals surface area (Å²) in [7, 11) is -0.599. The Morgan fingerprint density at radius 2 is 1.88 bits per heavy atom. The molecule has 6 heteroatoms. The fraction of sp³-hybridized carbons (Fsp3) is 0.500. The molecule has 0 saturated heterocycles. The van der Waals surface area contributed by atoms with Gasteiger partial charge in [-0.05, 0) is 23.1 Å². The van der Waals surface area contributed by atoms with Gasteiger partial charge in [-0.2, -0.15) is 0 Å². The van der Waals surface area contributed by atoms with Crippen molar-refractivity contribution < 1.29 is 51.3 Å². The van der Waals surface area contributed by atoms with Gasteiger partial charge in [-0.25, -0.2) is 0 Å². The first-order valence-electron chi connectivity index (χ1n) is 7.90. The number of amides is 1. The van der Waals surface area contributed by atoms with Gasteiger partial charge in [-0.3, -0.25) is 0 Å². The Bertz CT molecular complexity index is 596. The Labute approximate surface area is 174 Å². The maximum absolute atomic E-state index is 12.5. The van der Waals surface area contributed by atoms with E-state index in [2.05, 4.69) is 43.4 Å². The van der Waals surface area contributed by atoms with Crippen LogP contribution in [-0.2, 0) is 26.5 Å². The minimum Gasteiger partial charge on any atom is -1.00 e. The number of nitrogens with one attached hydrogen (secondary N) is 1. The van der Waals surface area contributed by atoms with Crippen LogP contribution in [0.5, 0.6) is 0 Å². The predicted molar refractivity (Wildman–Crippen MR) is 89.7 cm³/mol. The zero-order valence-electron chi connectivity index (χ0n) is 14.1. The zero-order chi connectivity index (χ0) is 15.0. The van der Waals surface area contributed by atoms with Crippen LogP contribution in [-0.4, -0.2) is 14.7 Å². The van der Waals surface area contributed by atoms with E-state index >= 15 is 0 Å². The molecule has 1 fully saturated rings. The summed E-state index contributed by atoms with van der Waals surface area (Å²) in [5.41, 5.74) is 10.5. The fourth-order valence-electron chi connectivity index (χ4n) is 4.49. The number of halogens is 2. The van der Waals surface area contributed by atoms with E-state index in [0.717, 1.165) is 19.3 Å². The van der Waals surface area contributed by atoms with Crippen molar-refractivity contribution in [3.63, 3.8) is 0 Å². The molecule has 2 aliphatic rings. The molecule has 3 atom stereocenters. The molecular weight excluding hydrogens is 393 g/mol. The number of rotatable bonds is 3. The molecule has 1 amide bonds. The molecule has 2 aliphatic carbocycles. The van der Waals surface area contributed by atoms with Crippen LogP contribution >= 0.6 is 0 Å². The topological polar surface area (TPSA) is 40.9 Å². The molecule has 1 saturated carbocycles. The summed E-state index contributed by atoms with van der Waals surface area (Å²) in [6.07, 6.45) is 8.66. The second kappa shape index (κ2) is 9.59. The summed E-state index contributed by atoms with van der Waals surface area (Å²) in [6.45, 7) is 4.62. The number of carbonyl (C=O) groups excluding carboxylic acids is 1. The molecule has 0 bridgehead atoms. The normalized spacial score (nSPS) is 27.5. The third-order valence-electron chi connectivity index (χ3n) is 5.43. The molecule has 2 radical (unpaired) electrons. The van der Waals surface area contributed by atoms with E-state index in [9.17, 15) is 4.79 Å². The van der Waals surface area contributed by atoms with E-state index in [4.69, 9.17) is 5.73 Å². The van der Waals surface area contributed by atoms with Crippen molar-refractivity contribution in [2.24, 2.45) is 5.41 Å². The largest absolute Gasteiger partial charge is 3.00 e. The average Bonchev–Trinajstić information content (AvgIpc) is 2.91. The molecule has 0 spiro atoms. The Morgan fingerprint density at radius 3 is 2.50 bits per heavy atom. The smallest absolute Gasteiger partial charge is 1.00 e. The van der Waals surface area contributed by atoms with Crippen molar-refractivity contribution in [3.05, 3.63) is 47.2 Å². The van der Waals surface area contributed by atoms with Gasteiger partial charge >= 0.3 is 21.7 Å². The van der Waals surface area contributed by atoms with Crippen LogP contribution in [0.15, 0.2) is 30.3 Å². The van der Waals surface area contributed by atoms with Gasteiger partial charge in [-0.15, -0.1) is 0 Å². The van der Waals surface area contributed by atoms with Crippen LogP contribution in [0.4, 0.5) is 0 Å². The summed E-state index contributed by atoms with van der Waals surface area (Å²) in [4.78, 5) is 12.5. The predicted octanol–water partition coefficient (Wildman–Crippen LogP) is -0.934. The summed E-state index contributed by atoms with van der Waals surface area (Å²) in [5.74, 6) is -0.214. The van der Waals surface area contributed by atoms with Gasteiger partial charge in [0.1, 0.15) is 0 Å². The number of allylic oxidation sites excluding steroid dienone is 1. The SMILES string of the molecule is C[Si](C)C1CCCCC1(C([NH-])=O)C1C=Cc2ccccc21.[Cl-].[Cl-].[Ti+3]. The third kappa shape index (κ3) is 3.86. The third-order valence-corrected chi connectivity index (χ3v) is 7.63. The minimum atomic E-state index is -0.599. The molecule has 0 aromatic heterocycles. The van der Waals surface area contributed by atoms with Crippen molar-refractivity contribution in [2.75, 3.05) is 0 Å². The fourth-order valence-corrected chi connectivity index (χ4v) is 6.75. The van der Waals surface area contributed by atoms with E-state index in [1.807, 2.05) is 6.07 Å². The van der Waals surface area contributed by atoms with Crippen molar-refractivity contribution in [1.29, 1.82) is 0 Å². The van der Waals surface area contributed by atoms with Crippen molar-refractivity contribution in [1.82, 2.24) is 0 Å². The van der Waals surface area contributed by atoms with Gasteiger partial charge in [-0.1, -0.05) is 68.8 Å². The van der Waals surface area contributed by atoms with E-state index in [0.29, 0.717) is 5.54 Å². The molecule has 128 valence electrons. The first-order valence-corrected chi connectivity index (χ1v) is 10.5. The summed E-state index contributed by atoms with van der Waals surface area (Å²) in [6, 6.07) is 8.38. The van der Waals surface area contributed by atoms with Crippen molar-refractivity contribution in [3.8, 4) is 0 Å². The van der Waals surface area contributed by atoms with Gasteiger partial charge in [0.15, 0.2) is 0 Å². The van der Waals surface area contributed by atoms with Crippen molar-refractivity contribution >= 4 is 20.8 Å². The second-order valence-electron chi connectivity index (χ2n) is 6.71. The molecule has 1 N–H and O–H groups in total. The van der Waals surface area contributed by atoms with E-state index in [1.165, 1.54) is 17.5 Å². The first kappa shape index (κ1) is 23.9. The van der Waals surface area contributed by atoms with E-state index in [1.54, 1.807) is 0 Å². The van der Waals surface area contributed by atoms with E-state index in [-0.39, 0.29) is 58.4 Å². The van der Waals surface area contributed by atoms with Crippen molar-refractivity contribution in [2.45, 2.75) is 50.2 Å². The molecule has 24 heavy (non-hydrogen) atoms. The Morgan fingerprint density at radius 1 is 1.21 bits per heavy atom. The van der Waals surface area contributed by atoms with Crippen LogP contribution in [0.25, 0.3) is 11.8 Å². The molecule has 3 rings (SSSR count). The number of fused-ring (bicyclic) bond motifs is 1. The van der Waals surface area contributed by atoms with Crippen LogP contribution in [0.1, 0.15) is 42.7 Å². The molecular formula is C18H23Cl2NOSiTi. The second-order valence-corrected chi connectivity index (χ2v) is 9.56. The van der Waals surface area contributed by atoms with Gasteiger partial charge < -0.3 is 35.3 Å². The van der Waals surface area contributed by atoms with Gasteiger partial charge in [0, 0.05) is 20.1 Å². The number of benzene rings is 1. The molecule has 3 unspecified atom stereocenters. The number of hydrogen-bond acceptors (Lipinski definition) is 1. The van der Waals surface area contributed by atoms with E-state index < -0.39 is 14.2 Å². The van der Waals surface area contributed by atoms with Crippen LogP contribution < -0.4 is 24.8 Å². The van der Waals surface area contributed by atoms with Crippen LogP contribution in [0, 0.1) is 5.41 Å². The number of carbonyl (C=O) groups is 1. The first-order chi connectivity index (χ1) is 10.1. The monoisotopic (exact) mass is 415 g/mol. The Kier molecular flexibility index (Phi) is 9.56. The standard InChI is InChI=1S/C18H24NOSi.2ClH.Ti/c1-21(2)16-9-5-6-12-18(16,17(19)20)15-11-10-13-7-3-4-8-14(13)15;;;/h3-4,7-8,10-11,15-16H,5-6,9,12H2,1-2H3,(H2,19,20);2*1H;/q;;;+3/p-3. The Hall–Kier alpha value is -0.0588. The molecule has 0 heterocycles. The molecule has 1 aromatic rings. The number of hydrogen-bond donors (Lipinski definition) is 0. The van der Waals surface area contributed by atoms with Crippen LogP contribution in [0.2, 0.25) is 18.6 Å². The summed E-state index contributed by atoms with van der Waals surface area (Å²) >= 11 is 0. The quantitative estimate of drug-likeness (QED) is 0.587. The summed E-state index contributed by atoms with van der Waals surface area (Å²) in [5, 5.41) is 0. The average molecular weight is 416 g/mol. The van der Waals surface area contributed by atoms with Crippen LogP contribution in [0.3, 0.4) is 0 Å². The molecule has 1 aromatic carbocycles. The molecule has 0 aliphatic heterocycles. The van der Waals surface area contributed by atoms with Gasteiger partial charge in [0.25, 0.3) is 0 Å². The minimum absolute atomic E-state index is 0. The van der Waals surface area contributed by atoms with Gasteiger partial charge in [0.05, 0.1) is 5.91 Å². The van der Waals surface area contributed by atoms with Gasteiger partial charge in [0.2, 0.25) is 0 Å². The Balaban J connectivity index is 0.00000176. The molecule has 2 nitrogen and oxygen atoms in total. The zero-order valence-corrected chi connectivity index (χ0v) is 18.2. The summed E-state index contributed by atoms with van der Waals surface area (Å²) < 4.78 is 0. The maximum atomic E-state index is 12.5.